The summed E-state index contributed by atoms with van der Waals surface area (Å²) in [6.07, 6.45) is 0. The van der Waals surface area contributed by atoms with Crippen LogP contribution in [0.1, 0.15) is 10.4 Å². The predicted octanol–water partition coefficient (Wildman–Crippen LogP) is 1.000. The van der Waals surface area contributed by atoms with Crippen molar-refractivity contribution in [1.29, 1.82) is 0 Å². The SMILES string of the molecule is COc1ccc(N2C(=O)CSCC2=O)c(C(=O)O)c1. The molecule has 1 fully saturated rings. The van der Waals surface area contributed by atoms with E-state index in [1.165, 1.54) is 37.1 Å². The zero-order chi connectivity index (χ0) is 14.0. The van der Waals surface area contributed by atoms with Crippen LogP contribution in [-0.2, 0) is 9.59 Å². The summed E-state index contributed by atoms with van der Waals surface area (Å²) >= 11 is 1.22. The number of aromatic carboxylic acids is 1. The molecule has 1 aromatic rings. The number of hydrogen-bond donors (Lipinski definition) is 1. The summed E-state index contributed by atoms with van der Waals surface area (Å²) in [6, 6.07) is 4.22. The predicted molar refractivity (Wildman–Crippen MR) is 69.8 cm³/mol. The van der Waals surface area contributed by atoms with Gasteiger partial charge in [-0.2, -0.15) is 0 Å². The van der Waals surface area contributed by atoms with Crippen molar-refractivity contribution in [2.45, 2.75) is 0 Å². The van der Waals surface area contributed by atoms with Crippen molar-refractivity contribution in [3.63, 3.8) is 0 Å². The summed E-state index contributed by atoms with van der Waals surface area (Å²) in [6.45, 7) is 0. The van der Waals surface area contributed by atoms with Crippen LogP contribution >= 0.6 is 11.8 Å². The Hall–Kier alpha value is -2.02. The summed E-state index contributed by atoms with van der Waals surface area (Å²) in [7, 11) is 1.41. The second-order valence-corrected chi connectivity index (χ2v) is 4.79. The van der Waals surface area contributed by atoms with E-state index in [0.29, 0.717) is 5.75 Å². The van der Waals surface area contributed by atoms with Crippen LogP contribution in [0, 0.1) is 0 Å². The second kappa shape index (κ2) is 5.31. The van der Waals surface area contributed by atoms with Crippen LogP contribution in [0.2, 0.25) is 0 Å². The van der Waals surface area contributed by atoms with Gasteiger partial charge in [0.15, 0.2) is 0 Å². The highest BCUT2D eigenvalue weighted by molar-refractivity contribution is 8.00. The Labute approximate surface area is 113 Å². The lowest BCUT2D eigenvalue weighted by Crippen LogP contribution is -2.43. The molecule has 1 heterocycles. The molecular weight excluding hydrogens is 270 g/mol. The van der Waals surface area contributed by atoms with E-state index in [2.05, 4.69) is 0 Å². The second-order valence-electron chi connectivity index (χ2n) is 3.80. The van der Waals surface area contributed by atoms with E-state index in [4.69, 9.17) is 4.74 Å². The van der Waals surface area contributed by atoms with Gasteiger partial charge in [0.05, 0.1) is 29.9 Å². The molecule has 1 aliphatic heterocycles. The zero-order valence-corrected chi connectivity index (χ0v) is 10.9. The number of thioether (sulfide) groups is 1. The summed E-state index contributed by atoms with van der Waals surface area (Å²) in [5.41, 5.74) is -0.0449. The van der Waals surface area contributed by atoms with Gasteiger partial charge in [0.25, 0.3) is 0 Å². The minimum absolute atomic E-state index is 0.0867. The minimum atomic E-state index is -1.22. The number of imide groups is 1. The normalized spacial score (nSPS) is 15.5. The maximum Gasteiger partial charge on any atom is 0.337 e. The number of carbonyl (C=O) groups is 3. The number of ether oxygens (including phenoxy) is 1. The quantitative estimate of drug-likeness (QED) is 0.832. The molecule has 2 rings (SSSR count). The number of carboxylic acid groups (broad SMARTS) is 1. The van der Waals surface area contributed by atoms with Crippen LogP contribution < -0.4 is 9.64 Å². The molecule has 0 atom stereocenters. The van der Waals surface area contributed by atoms with Gasteiger partial charge in [-0.1, -0.05) is 0 Å². The lowest BCUT2D eigenvalue weighted by atomic mass is 10.1. The number of benzene rings is 1. The van der Waals surface area contributed by atoms with Gasteiger partial charge in [-0.15, -0.1) is 11.8 Å². The summed E-state index contributed by atoms with van der Waals surface area (Å²) in [4.78, 5) is 35.8. The van der Waals surface area contributed by atoms with E-state index in [1.54, 1.807) is 0 Å². The zero-order valence-electron chi connectivity index (χ0n) is 10.1. The first-order chi connectivity index (χ1) is 9.04. The number of amides is 2. The molecule has 0 bridgehead atoms. The van der Waals surface area contributed by atoms with Crippen LogP contribution in [0.3, 0.4) is 0 Å². The molecule has 1 aliphatic rings. The molecule has 0 aromatic heterocycles. The van der Waals surface area contributed by atoms with E-state index in [0.717, 1.165) is 4.90 Å². The molecule has 6 nitrogen and oxygen atoms in total. The van der Waals surface area contributed by atoms with Crippen molar-refractivity contribution in [2.75, 3.05) is 23.5 Å². The smallest absolute Gasteiger partial charge is 0.337 e. The largest absolute Gasteiger partial charge is 0.497 e. The van der Waals surface area contributed by atoms with Crippen molar-refractivity contribution in [1.82, 2.24) is 0 Å². The minimum Gasteiger partial charge on any atom is -0.497 e. The van der Waals surface area contributed by atoms with Crippen LogP contribution in [0.25, 0.3) is 0 Å². The molecule has 1 saturated heterocycles. The number of nitrogens with zero attached hydrogens (tertiary/aromatic N) is 1. The van der Waals surface area contributed by atoms with E-state index in [9.17, 15) is 19.5 Å². The summed E-state index contributed by atoms with van der Waals surface area (Å²) < 4.78 is 4.95. The van der Waals surface area contributed by atoms with E-state index in [-0.39, 0.29) is 22.8 Å². The molecule has 19 heavy (non-hydrogen) atoms. The molecule has 0 saturated carbocycles. The van der Waals surface area contributed by atoms with Gasteiger partial charge >= 0.3 is 5.97 Å². The first-order valence-corrected chi connectivity index (χ1v) is 6.55. The third kappa shape index (κ3) is 2.55. The number of carboxylic acids is 1. The Balaban J connectivity index is 2.51. The number of hydrogen-bond acceptors (Lipinski definition) is 5. The van der Waals surface area contributed by atoms with Crippen LogP contribution in [-0.4, -0.2) is 41.5 Å². The van der Waals surface area contributed by atoms with Crippen molar-refractivity contribution in [2.24, 2.45) is 0 Å². The fourth-order valence-corrected chi connectivity index (χ4v) is 2.48. The van der Waals surface area contributed by atoms with Gasteiger partial charge in [-0.25, -0.2) is 9.69 Å². The number of anilines is 1. The van der Waals surface area contributed by atoms with Crippen molar-refractivity contribution in [3.8, 4) is 5.75 Å². The highest BCUT2D eigenvalue weighted by atomic mass is 32.2. The average molecular weight is 281 g/mol. The lowest BCUT2D eigenvalue weighted by molar-refractivity contribution is -0.124. The third-order valence-corrected chi connectivity index (χ3v) is 3.53. The fraction of sp³-hybridized carbons (Fsp3) is 0.250. The van der Waals surface area contributed by atoms with E-state index < -0.39 is 17.8 Å². The molecule has 0 unspecified atom stereocenters. The first-order valence-electron chi connectivity index (χ1n) is 5.39. The van der Waals surface area contributed by atoms with E-state index in [1.807, 2.05) is 0 Å². The number of rotatable bonds is 3. The van der Waals surface area contributed by atoms with Gasteiger partial charge in [-0.3, -0.25) is 9.59 Å². The van der Waals surface area contributed by atoms with Gasteiger partial charge < -0.3 is 9.84 Å². The van der Waals surface area contributed by atoms with Gasteiger partial charge in [0, 0.05) is 0 Å². The summed E-state index contributed by atoms with van der Waals surface area (Å²) in [5.74, 6) is -1.35. The molecule has 1 aromatic carbocycles. The molecule has 1 N–H and O–H groups in total. The summed E-state index contributed by atoms with van der Waals surface area (Å²) in [5, 5.41) is 9.18. The lowest BCUT2D eigenvalue weighted by Gasteiger charge is -2.25. The third-order valence-electron chi connectivity index (χ3n) is 2.62. The number of methoxy groups -OCH3 is 1. The van der Waals surface area contributed by atoms with Crippen molar-refractivity contribution < 1.29 is 24.2 Å². The van der Waals surface area contributed by atoms with Gasteiger partial charge in [0.1, 0.15) is 5.75 Å². The molecule has 0 spiro atoms. The topological polar surface area (TPSA) is 83.9 Å². The number of carbonyl (C=O) groups excluding carboxylic acids is 2. The Kier molecular flexibility index (Phi) is 3.75. The molecule has 0 aliphatic carbocycles. The molecule has 0 radical (unpaired) electrons. The molecular formula is C12H11NO5S. The highest BCUT2D eigenvalue weighted by Gasteiger charge is 2.31. The molecule has 100 valence electrons. The van der Waals surface area contributed by atoms with Gasteiger partial charge in [0.2, 0.25) is 11.8 Å². The van der Waals surface area contributed by atoms with Crippen molar-refractivity contribution in [3.05, 3.63) is 23.8 Å². The average Bonchev–Trinajstić information content (AvgIpc) is 2.38. The van der Waals surface area contributed by atoms with Crippen molar-refractivity contribution >= 4 is 35.2 Å². The van der Waals surface area contributed by atoms with Crippen LogP contribution in [0.4, 0.5) is 5.69 Å². The standard InChI is InChI=1S/C12H11NO5S/c1-18-7-2-3-9(8(4-7)12(16)17)13-10(14)5-19-6-11(13)15/h2-4H,5-6H2,1H3,(H,16,17). The van der Waals surface area contributed by atoms with Crippen LogP contribution in [0.15, 0.2) is 18.2 Å². The Morgan fingerprint density at radius 2 is 1.95 bits per heavy atom. The highest BCUT2D eigenvalue weighted by Crippen LogP contribution is 2.28. The molecule has 2 amide bonds. The fourth-order valence-electron chi connectivity index (χ4n) is 1.77. The maximum atomic E-state index is 11.8. The van der Waals surface area contributed by atoms with Crippen LogP contribution in [0.5, 0.6) is 5.75 Å². The Bertz CT molecular complexity index is 541. The monoisotopic (exact) mass is 281 g/mol. The Morgan fingerprint density at radius 1 is 1.32 bits per heavy atom. The van der Waals surface area contributed by atoms with Gasteiger partial charge in [-0.05, 0) is 18.2 Å². The maximum absolute atomic E-state index is 11.8. The van der Waals surface area contributed by atoms with E-state index >= 15 is 0 Å². The molecule has 7 heteroatoms. The first kappa shape index (κ1) is 13.4. The Morgan fingerprint density at radius 3 is 2.47 bits per heavy atom.